The zero-order valence-corrected chi connectivity index (χ0v) is 6.17. The van der Waals surface area contributed by atoms with Crippen molar-refractivity contribution in [1.82, 2.24) is 0 Å². The van der Waals surface area contributed by atoms with Crippen molar-refractivity contribution in [3.05, 3.63) is 33.9 Å². The van der Waals surface area contributed by atoms with Gasteiger partial charge < -0.3 is 0 Å². The molecular weight excluding hydrogens is 164 g/mol. The summed E-state index contributed by atoms with van der Waals surface area (Å²) in [6.45, 7) is 0. The first-order chi connectivity index (χ1) is 5.25. The number of hydrogen-bond acceptors (Lipinski definition) is 1. The molecule has 0 aliphatic carbocycles. The molecule has 54 valence electrons. The molecule has 2 rings (SSSR count). The number of halogens is 1. The zero-order chi connectivity index (χ0) is 7.84. The molecule has 0 fully saturated rings. The molecule has 0 N–H and O–H groups in total. The van der Waals surface area contributed by atoms with Crippen LogP contribution in [-0.4, -0.2) is 6.03 Å². The van der Waals surface area contributed by atoms with Gasteiger partial charge in [-0.3, -0.25) is 0 Å². The third-order valence-corrected chi connectivity index (χ3v) is 1.60. The Labute approximate surface area is 67.0 Å². The van der Waals surface area contributed by atoms with Crippen molar-refractivity contribution in [1.29, 1.82) is 0 Å². The minimum absolute atomic E-state index is 0.456. The molecule has 1 aromatic rings. The number of amides is 2. The first kappa shape index (κ1) is 6.49. The molecule has 11 heavy (non-hydrogen) atoms. The lowest BCUT2D eigenvalue weighted by molar-refractivity contribution is 0.256. The Morgan fingerprint density at radius 2 is 1.91 bits per heavy atom. The highest BCUT2D eigenvalue weighted by molar-refractivity contribution is 6.30. The molecule has 0 radical (unpaired) electrons. The molecule has 0 bridgehead atoms. The average molecular weight is 167 g/mol. The van der Waals surface area contributed by atoms with Crippen LogP contribution in [0.2, 0.25) is 5.02 Å². The van der Waals surface area contributed by atoms with Crippen molar-refractivity contribution >= 4 is 17.6 Å². The lowest BCUT2D eigenvalue weighted by atomic mass is 10.3. The summed E-state index contributed by atoms with van der Waals surface area (Å²) in [5.41, 5.74) is 0. The van der Waals surface area contributed by atoms with Crippen LogP contribution in [0.15, 0.2) is 28.2 Å². The van der Waals surface area contributed by atoms with Gasteiger partial charge in [0.2, 0.25) is 0 Å². The number of carbonyl (C=O) groups is 1. The second kappa shape index (κ2) is 2.13. The fourth-order valence-electron chi connectivity index (χ4n) is 0.912. The lowest BCUT2D eigenvalue weighted by Gasteiger charge is -1.82. The summed E-state index contributed by atoms with van der Waals surface area (Å²) in [5, 5.41) is 1.72. The van der Waals surface area contributed by atoms with Crippen LogP contribution in [0.25, 0.3) is 0 Å². The van der Waals surface area contributed by atoms with Crippen LogP contribution in [0.5, 0.6) is 0 Å². The Balaban J connectivity index is 2.89. The number of rotatable bonds is 0. The molecule has 0 saturated carbocycles. The van der Waals surface area contributed by atoms with Crippen LogP contribution in [0.3, 0.4) is 0 Å². The zero-order valence-electron chi connectivity index (χ0n) is 5.41. The summed E-state index contributed by atoms with van der Waals surface area (Å²) >= 11 is 5.66. The maximum absolute atomic E-state index is 10.6. The molecule has 0 spiro atoms. The summed E-state index contributed by atoms with van der Waals surface area (Å²) < 4.78 is 0. The molecule has 1 aliphatic heterocycles. The predicted octanol–water partition coefficient (Wildman–Crippen LogP) is 0.713. The van der Waals surface area contributed by atoms with Gasteiger partial charge in [0.25, 0.3) is 0 Å². The SMILES string of the molecule is O=C1N=c2ccc(Cl)cc2=N1. The molecule has 1 aliphatic rings. The van der Waals surface area contributed by atoms with Gasteiger partial charge >= 0.3 is 6.03 Å². The smallest absolute Gasteiger partial charge is 0.244 e. The molecule has 4 heteroatoms. The highest BCUT2D eigenvalue weighted by Crippen LogP contribution is 2.00. The van der Waals surface area contributed by atoms with Crippen molar-refractivity contribution in [2.45, 2.75) is 0 Å². The van der Waals surface area contributed by atoms with Gasteiger partial charge in [0.05, 0.1) is 10.7 Å². The number of urea groups is 1. The maximum atomic E-state index is 10.6. The highest BCUT2D eigenvalue weighted by Gasteiger charge is 2.03. The van der Waals surface area contributed by atoms with E-state index in [2.05, 4.69) is 9.98 Å². The largest absolute Gasteiger partial charge is 0.368 e. The van der Waals surface area contributed by atoms with Crippen LogP contribution in [0.4, 0.5) is 4.79 Å². The number of benzene rings is 1. The van der Waals surface area contributed by atoms with Gasteiger partial charge in [-0.25, -0.2) is 4.79 Å². The van der Waals surface area contributed by atoms with Crippen molar-refractivity contribution in [3.63, 3.8) is 0 Å². The van der Waals surface area contributed by atoms with Gasteiger partial charge in [0, 0.05) is 5.02 Å². The number of carbonyl (C=O) groups excluding carboxylic acids is 1. The van der Waals surface area contributed by atoms with E-state index < -0.39 is 6.03 Å². The topological polar surface area (TPSA) is 41.8 Å². The van der Waals surface area contributed by atoms with Gasteiger partial charge in [0.15, 0.2) is 0 Å². The molecule has 0 atom stereocenters. The Kier molecular flexibility index (Phi) is 1.26. The first-order valence-electron chi connectivity index (χ1n) is 3.03. The molecule has 2 amide bonds. The molecule has 1 heterocycles. The van der Waals surface area contributed by atoms with Gasteiger partial charge in [-0.05, 0) is 18.2 Å². The van der Waals surface area contributed by atoms with E-state index in [9.17, 15) is 4.79 Å². The Bertz CT molecular complexity index is 438. The van der Waals surface area contributed by atoms with E-state index in [1.807, 2.05) is 0 Å². The van der Waals surface area contributed by atoms with Crippen molar-refractivity contribution in [2.75, 3.05) is 0 Å². The van der Waals surface area contributed by atoms with E-state index in [0.29, 0.717) is 15.7 Å². The maximum Gasteiger partial charge on any atom is 0.368 e. The normalized spacial score (nSPS) is 13.7. The molecular formula is C7H3ClN2O. The monoisotopic (exact) mass is 166 g/mol. The Morgan fingerprint density at radius 3 is 2.73 bits per heavy atom. The second-order valence-electron chi connectivity index (χ2n) is 2.14. The van der Waals surface area contributed by atoms with Gasteiger partial charge in [-0.15, -0.1) is 0 Å². The van der Waals surface area contributed by atoms with Crippen LogP contribution in [-0.2, 0) is 0 Å². The van der Waals surface area contributed by atoms with Gasteiger partial charge in [-0.2, -0.15) is 9.98 Å². The molecule has 0 aromatic heterocycles. The summed E-state index contributed by atoms with van der Waals surface area (Å²) in [6.07, 6.45) is 0. The van der Waals surface area contributed by atoms with E-state index in [1.165, 1.54) is 0 Å². The third-order valence-electron chi connectivity index (χ3n) is 1.37. The summed E-state index contributed by atoms with van der Waals surface area (Å²) in [4.78, 5) is 17.9. The fourth-order valence-corrected chi connectivity index (χ4v) is 1.08. The Hall–Kier alpha value is -1.22. The van der Waals surface area contributed by atoms with E-state index in [4.69, 9.17) is 11.6 Å². The molecule has 0 unspecified atom stereocenters. The fraction of sp³-hybridized carbons (Fsp3) is 0. The highest BCUT2D eigenvalue weighted by atomic mass is 35.5. The van der Waals surface area contributed by atoms with Crippen molar-refractivity contribution in [3.8, 4) is 0 Å². The van der Waals surface area contributed by atoms with Gasteiger partial charge in [-0.1, -0.05) is 11.6 Å². The molecule has 0 saturated heterocycles. The minimum atomic E-state index is -0.456. The number of hydrogen-bond donors (Lipinski definition) is 0. The Morgan fingerprint density at radius 1 is 1.18 bits per heavy atom. The van der Waals surface area contributed by atoms with Crippen LogP contribution in [0, 0.1) is 0 Å². The number of nitrogens with zero attached hydrogens (tertiary/aromatic N) is 2. The lowest BCUT2D eigenvalue weighted by Crippen LogP contribution is -2.20. The van der Waals surface area contributed by atoms with Crippen LogP contribution < -0.4 is 10.7 Å². The van der Waals surface area contributed by atoms with E-state index in [0.717, 1.165) is 0 Å². The molecule has 3 nitrogen and oxygen atoms in total. The second-order valence-corrected chi connectivity index (χ2v) is 2.58. The van der Waals surface area contributed by atoms with Crippen LogP contribution in [0.1, 0.15) is 0 Å². The van der Waals surface area contributed by atoms with E-state index >= 15 is 0 Å². The van der Waals surface area contributed by atoms with Gasteiger partial charge in [0.1, 0.15) is 0 Å². The van der Waals surface area contributed by atoms with E-state index in [-0.39, 0.29) is 0 Å². The van der Waals surface area contributed by atoms with Crippen LogP contribution >= 0.6 is 11.6 Å². The quantitative estimate of drug-likeness (QED) is 0.560. The number of fused-ring (bicyclic) bond motifs is 1. The minimum Gasteiger partial charge on any atom is -0.244 e. The average Bonchev–Trinajstić information content (AvgIpc) is 2.27. The predicted molar refractivity (Wildman–Crippen MR) is 39.2 cm³/mol. The summed E-state index contributed by atoms with van der Waals surface area (Å²) in [7, 11) is 0. The summed E-state index contributed by atoms with van der Waals surface area (Å²) in [5.74, 6) is 0. The standard InChI is InChI=1S/C7H3ClN2O/c8-4-1-2-5-6(3-4)10-7(11)9-5/h1-3H. The van der Waals surface area contributed by atoms with E-state index in [1.54, 1.807) is 18.2 Å². The third kappa shape index (κ3) is 1.03. The van der Waals surface area contributed by atoms with Crippen molar-refractivity contribution < 1.29 is 4.79 Å². The molecule has 1 aromatic carbocycles. The summed E-state index contributed by atoms with van der Waals surface area (Å²) in [6, 6.07) is 4.51. The van der Waals surface area contributed by atoms with Crippen molar-refractivity contribution in [2.24, 2.45) is 9.98 Å². The first-order valence-corrected chi connectivity index (χ1v) is 3.40.